The Bertz CT molecular complexity index is 290. The highest BCUT2D eigenvalue weighted by atomic mass is 16.5. The quantitative estimate of drug-likeness (QED) is 0.791. The first kappa shape index (κ1) is 10.9. The van der Waals surface area contributed by atoms with Crippen molar-refractivity contribution in [3.05, 3.63) is 18.1 Å². The highest BCUT2D eigenvalue weighted by molar-refractivity contribution is 5.16. The molecule has 1 aromatic heterocycles. The summed E-state index contributed by atoms with van der Waals surface area (Å²) in [5.41, 5.74) is 6.87. The molecule has 0 saturated heterocycles. The van der Waals surface area contributed by atoms with Crippen LogP contribution in [-0.4, -0.2) is 17.1 Å². The number of rotatable bonds is 4. The number of hydrogen-bond acceptors (Lipinski definition) is 4. The maximum absolute atomic E-state index is 6.03. The predicted octanol–water partition coefficient (Wildman–Crippen LogP) is 1.53. The van der Waals surface area contributed by atoms with Gasteiger partial charge in [-0.2, -0.15) is 0 Å². The van der Waals surface area contributed by atoms with Crippen LogP contribution < -0.4 is 10.5 Å². The van der Waals surface area contributed by atoms with Crippen LogP contribution in [0.2, 0.25) is 0 Å². The minimum absolute atomic E-state index is 0.0445. The summed E-state index contributed by atoms with van der Waals surface area (Å²) in [6, 6.07) is 1.74. The Balaban J connectivity index is 2.83. The van der Waals surface area contributed by atoms with Gasteiger partial charge in [-0.15, -0.1) is 0 Å². The summed E-state index contributed by atoms with van der Waals surface area (Å²) in [4.78, 5) is 8.08. The van der Waals surface area contributed by atoms with E-state index >= 15 is 0 Å². The molecule has 0 fully saturated rings. The van der Waals surface area contributed by atoms with Gasteiger partial charge in [0.25, 0.3) is 0 Å². The van der Waals surface area contributed by atoms with Crippen molar-refractivity contribution in [1.82, 2.24) is 9.97 Å². The molecule has 4 nitrogen and oxygen atoms in total. The van der Waals surface area contributed by atoms with E-state index in [1.165, 1.54) is 6.33 Å². The number of hydrogen-bond donors (Lipinski definition) is 1. The zero-order valence-corrected chi connectivity index (χ0v) is 8.90. The predicted molar refractivity (Wildman–Crippen MR) is 55.0 cm³/mol. The van der Waals surface area contributed by atoms with Crippen LogP contribution in [0.25, 0.3) is 0 Å². The first-order valence-electron chi connectivity index (χ1n) is 4.80. The molecule has 1 aromatic rings. The average molecular weight is 195 g/mol. The van der Waals surface area contributed by atoms with Crippen LogP contribution >= 0.6 is 0 Å². The third kappa shape index (κ3) is 2.42. The molecule has 0 radical (unpaired) electrons. The van der Waals surface area contributed by atoms with Crippen LogP contribution in [0, 0.1) is 5.92 Å². The summed E-state index contributed by atoms with van der Waals surface area (Å²) in [6.07, 6.45) is 2.52. The molecule has 0 aromatic carbocycles. The number of aromatic nitrogens is 2. The second-order valence-corrected chi connectivity index (χ2v) is 3.40. The van der Waals surface area contributed by atoms with Gasteiger partial charge in [0.1, 0.15) is 6.33 Å². The van der Waals surface area contributed by atoms with E-state index < -0.39 is 0 Å². The van der Waals surface area contributed by atoms with Crippen molar-refractivity contribution in [2.45, 2.75) is 26.3 Å². The summed E-state index contributed by atoms with van der Waals surface area (Å²) in [7, 11) is 1.58. The molecular formula is C10H17N3O. The van der Waals surface area contributed by atoms with E-state index in [1.807, 2.05) is 0 Å². The van der Waals surface area contributed by atoms with Gasteiger partial charge in [0, 0.05) is 12.1 Å². The van der Waals surface area contributed by atoms with Crippen molar-refractivity contribution in [3.8, 4) is 5.88 Å². The van der Waals surface area contributed by atoms with E-state index in [2.05, 4.69) is 23.8 Å². The van der Waals surface area contributed by atoms with Gasteiger partial charge in [-0.3, -0.25) is 0 Å². The maximum Gasteiger partial charge on any atom is 0.216 e. The van der Waals surface area contributed by atoms with E-state index in [-0.39, 0.29) is 6.04 Å². The zero-order valence-electron chi connectivity index (χ0n) is 8.90. The molecule has 2 N–H and O–H groups in total. The molecule has 0 bridgehead atoms. The lowest BCUT2D eigenvalue weighted by Crippen LogP contribution is -2.19. The van der Waals surface area contributed by atoms with Crippen molar-refractivity contribution in [2.24, 2.45) is 11.7 Å². The Kier molecular flexibility index (Phi) is 3.83. The van der Waals surface area contributed by atoms with Crippen molar-refractivity contribution in [3.63, 3.8) is 0 Å². The molecule has 14 heavy (non-hydrogen) atoms. The fraction of sp³-hybridized carbons (Fsp3) is 0.600. The molecule has 4 heteroatoms. The first-order chi connectivity index (χ1) is 6.69. The van der Waals surface area contributed by atoms with Crippen molar-refractivity contribution in [2.75, 3.05) is 7.11 Å². The number of ether oxygens (including phenoxy) is 1. The molecule has 1 heterocycles. The van der Waals surface area contributed by atoms with E-state index in [9.17, 15) is 0 Å². The molecule has 0 aliphatic heterocycles. The van der Waals surface area contributed by atoms with E-state index in [4.69, 9.17) is 10.5 Å². The third-order valence-electron chi connectivity index (χ3n) is 2.47. The molecular weight excluding hydrogens is 178 g/mol. The zero-order chi connectivity index (χ0) is 10.6. The van der Waals surface area contributed by atoms with Gasteiger partial charge < -0.3 is 10.5 Å². The molecule has 0 aliphatic carbocycles. The van der Waals surface area contributed by atoms with Crippen LogP contribution in [0.4, 0.5) is 0 Å². The monoisotopic (exact) mass is 195 g/mol. The maximum atomic E-state index is 6.03. The smallest absolute Gasteiger partial charge is 0.216 e. The van der Waals surface area contributed by atoms with Gasteiger partial charge in [-0.1, -0.05) is 20.3 Å². The van der Waals surface area contributed by atoms with Gasteiger partial charge in [-0.05, 0) is 5.92 Å². The Morgan fingerprint density at radius 3 is 2.79 bits per heavy atom. The highest BCUT2D eigenvalue weighted by Crippen LogP contribution is 2.21. The minimum Gasteiger partial charge on any atom is -0.481 e. The number of nitrogens with zero attached hydrogens (tertiary/aromatic N) is 2. The number of nitrogens with two attached hydrogens (primary N) is 1. The molecule has 0 saturated carbocycles. The topological polar surface area (TPSA) is 61.0 Å². The summed E-state index contributed by atoms with van der Waals surface area (Å²) < 4.78 is 5.01. The second kappa shape index (κ2) is 4.91. The highest BCUT2D eigenvalue weighted by Gasteiger charge is 2.15. The molecule has 0 spiro atoms. The van der Waals surface area contributed by atoms with E-state index in [0.29, 0.717) is 11.8 Å². The lowest BCUT2D eigenvalue weighted by Gasteiger charge is -2.17. The second-order valence-electron chi connectivity index (χ2n) is 3.40. The molecule has 0 aliphatic rings. The SMILES string of the molecule is CCC(C)C(N)c1cc(OC)ncn1. The molecule has 2 unspecified atom stereocenters. The van der Waals surface area contributed by atoms with Crippen molar-refractivity contribution >= 4 is 0 Å². The lowest BCUT2D eigenvalue weighted by molar-refractivity contribution is 0.391. The van der Waals surface area contributed by atoms with Crippen LogP contribution in [0.1, 0.15) is 32.0 Å². The van der Waals surface area contributed by atoms with Gasteiger partial charge in [0.15, 0.2) is 0 Å². The van der Waals surface area contributed by atoms with Gasteiger partial charge >= 0.3 is 0 Å². The van der Waals surface area contributed by atoms with E-state index in [1.54, 1.807) is 13.2 Å². The summed E-state index contributed by atoms with van der Waals surface area (Å²) in [5, 5.41) is 0. The normalized spacial score (nSPS) is 14.9. The van der Waals surface area contributed by atoms with Crippen molar-refractivity contribution < 1.29 is 4.74 Å². The number of methoxy groups -OCH3 is 1. The summed E-state index contributed by atoms with van der Waals surface area (Å²) in [6.45, 7) is 4.22. The van der Waals surface area contributed by atoms with Crippen molar-refractivity contribution in [1.29, 1.82) is 0 Å². The Labute approximate surface area is 84.5 Å². The Morgan fingerprint density at radius 1 is 1.50 bits per heavy atom. The van der Waals surface area contributed by atoms with Crippen LogP contribution in [0.5, 0.6) is 5.88 Å². The third-order valence-corrected chi connectivity index (χ3v) is 2.47. The van der Waals surface area contributed by atoms with E-state index in [0.717, 1.165) is 12.1 Å². The molecule has 78 valence electrons. The summed E-state index contributed by atoms with van der Waals surface area (Å²) >= 11 is 0. The summed E-state index contributed by atoms with van der Waals surface area (Å²) in [5.74, 6) is 0.975. The van der Waals surface area contributed by atoms with Gasteiger partial charge in [0.05, 0.1) is 12.8 Å². The fourth-order valence-corrected chi connectivity index (χ4v) is 1.19. The van der Waals surface area contributed by atoms with Gasteiger partial charge in [0.2, 0.25) is 5.88 Å². The first-order valence-corrected chi connectivity index (χ1v) is 4.80. The molecule has 0 amide bonds. The largest absolute Gasteiger partial charge is 0.481 e. The van der Waals surface area contributed by atoms with Crippen LogP contribution in [0.3, 0.4) is 0 Å². The standard InChI is InChI=1S/C10H17N3O/c1-4-7(2)10(11)8-5-9(14-3)13-6-12-8/h5-7,10H,4,11H2,1-3H3. The molecule has 1 rings (SSSR count). The van der Waals surface area contributed by atoms with Crippen LogP contribution in [-0.2, 0) is 0 Å². The Hall–Kier alpha value is -1.16. The van der Waals surface area contributed by atoms with Crippen LogP contribution in [0.15, 0.2) is 12.4 Å². The average Bonchev–Trinajstić information content (AvgIpc) is 2.27. The van der Waals surface area contributed by atoms with Gasteiger partial charge in [-0.25, -0.2) is 9.97 Å². The fourth-order valence-electron chi connectivity index (χ4n) is 1.19. The molecule has 2 atom stereocenters. The lowest BCUT2D eigenvalue weighted by atomic mass is 9.97. The Morgan fingerprint density at radius 2 is 2.21 bits per heavy atom. The minimum atomic E-state index is -0.0445.